The van der Waals surface area contributed by atoms with Crippen LogP contribution in [0.1, 0.15) is 32.4 Å². The summed E-state index contributed by atoms with van der Waals surface area (Å²) < 4.78 is 5.31. The number of hydrogen-bond acceptors (Lipinski definition) is 5. The van der Waals surface area contributed by atoms with E-state index in [4.69, 9.17) is 4.74 Å². The number of carbonyl (C=O) groups excluding carboxylic acids is 1. The van der Waals surface area contributed by atoms with Gasteiger partial charge in [-0.25, -0.2) is 4.98 Å². The van der Waals surface area contributed by atoms with Crippen LogP contribution in [0.25, 0.3) is 0 Å². The zero-order valence-corrected chi connectivity index (χ0v) is 13.2. The molecule has 1 heterocycles. The number of benzene rings is 1. The van der Waals surface area contributed by atoms with E-state index in [0.717, 1.165) is 29.4 Å². The van der Waals surface area contributed by atoms with Gasteiger partial charge in [-0.3, -0.25) is 4.79 Å². The van der Waals surface area contributed by atoms with Gasteiger partial charge in [0.1, 0.15) is 6.61 Å². The number of para-hydroxylation sites is 1. The fourth-order valence-corrected chi connectivity index (χ4v) is 2.68. The Balaban J connectivity index is 1.87. The minimum atomic E-state index is -0.134. The molecule has 0 atom stereocenters. The standard InChI is InChI=1S/C16H20N2O2S/c1-3-12(4-2)15(19)20-10-14-11-21-16(18-14)17-13-8-6-5-7-9-13/h5-9,11-12H,3-4,10H2,1-2H3,(H,17,18). The van der Waals surface area contributed by atoms with E-state index in [1.807, 2.05) is 49.6 Å². The van der Waals surface area contributed by atoms with E-state index < -0.39 is 0 Å². The first-order valence-corrected chi connectivity index (χ1v) is 8.04. The van der Waals surface area contributed by atoms with Crippen molar-refractivity contribution in [3.05, 3.63) is 41.4 Å². The number of nitrogens with one attached hydrogen (secondary N) is 1. The molecule has 4 nitrogen and oxygen atoms in total. The maximum Gasteiger partial charge on any atom is 0.309 e. The first kappa shape index (κ1) is 15.5. The monoisotopic (exact) mass is 304 g/mol. The highest BCUT2D eigenvalue weighted by Gasteiger charge is 2.16. The molecule has 1 aromatic heterocycles. The highest BCUT2D eigenvalue weighted by molar-refractivity contribution is 7.13. The quantitative estimate of drug-likeness (QED) is 0.772. The SMILES string of the molecule is CCC(CC)C(=O)OCc1csc(Nc2ccccc2)n1. The van der Waals surface area contributed by atoms with Crippen molar-refractivity contribution in [1.29, 1.82) is 0 Å². The van der Waals surface area contributed by atoms with Crippen molar-refractivity contribution in [2.45, 2.75) is 33.3 Å². The van der Waals surface area contributed by atoms with Crippen molar-refractivity contribution in [1.82, 2.24) is 4.98 Å². The summed E-state index contributed by atoms with van der Waals surface area (Å²) in [5.41, 5.74) is 1.77. The average Bonchev–Trinajstić information content (AvgIpc) is 2.95. The van der Waals surface area contributed by atoms with Crippen LogP contribution < -0.4 is 5.32 Å². The number of anilines is 2. The van der Waals surface area contributed by atoms with Gasteiger partial charge < -0.3 is 10.1 Å². The smallest absolute Gasteiger partial charge is 0.309 e. The van der Waals surface area contributed by atoms with Crippen LogP contribution in [0, 0.1) is 5.92 Å². The van der Waals surface area contributed by atoms with Crippen LogP contribution in [-0.2, 0) is 16.1 Å². The van der Waals surface area contributed by atoms with Crippen molar-refractivity contribution >= 4 is 28.1 Å². The normalized spacial score (nSPS) is 10.6. The van der Waals surface area contributed by atoms with Gasteiger partial charge in [-0.05, 0) is 25.0 Å². The third kappa shape index (κ3) is 4.56. The van der Waals surface area contributed by atoms with Crippen molar-refractivity contribution in [3.63, 3.8) is 0 Å². The zero-order valence-electron chi connectivity index (χ0n) is 12.3. The Hall–Kier alpha value is -1.88. The Kier molecular flexibility index (Phi) is 5.75. The van der Waals surface area contributed by atoms with E-state index in [-0.39, 0.29) is 18.5 Å². The molecule has 0 amide bonds. The van der Waals surface area contributed by atoms with E-state index in [9.17, 15) is 4.79 Å². The summed E-state index contributed by atoms with van der Waals surface area (Å²) >= 11 is 1.50. The lowest BCUT2D eigenvalue weighted by molar-refractivity contribution is -0.150. The molecule has 0 fully saturated rings. The summed E-state index contributed by atoms with van der Waals surface area (Å²) in [4.78, 5) is 16.2. The van der Waals surface area contributed by atoms with Crippen LogP contribution >= 0.6 is 11.3 Å². The molecule has 0 bridgehead atoms. The Morgan fingerprint density at radius 3 is 2.67 bits per heavy atom. The minimum Gasteiger partial charge on any atom is -0.459 e. The molecular formula is C16H20N2O2S. The maximum atomic E-state index is 11.8. The molecule has 1 aromatic carbocycles. The molecule has 0 aliphatic rings. The second-order valence-corrected chi connectivity index (χ2v) is 5.61. The van der Waals surface area contributed by atoms with Gasteiger partial charge in [0.25, 0.3) is 0 Å². The first-order chi connectivity index (χ1) is 10.2. The molecule has 0 radical (unpaired) electrons. The number of rotatable bonds is 7. The van der Waals surface area contributed by atoms with Gasteiger partial charge in [0.15, 0.2) is 5.13 Å². The summed E-state index contributed by atoms with van der Waals surface area (Å²) in [5.74, 6) is -0.142. The van der Waals surface area contributed by atoms with E-state index in [0.29, 0.717) is 0 Å². The first-order valence-electron chi connectivity index (χ1n) is 7.16. The Morgan fingerprint density at radius 2 is 2.00 bits per heavy atom. The number of aromatic nitrogens is 1. The van der Waals surface area contributed by atoms with E-state index in [1.165, 1.54) is 11.3 Å². The Morgan fingerprint density at radius 1 is 1.29 bits per heavy atom. The number of ether oxygens (including phenoxy) is 1. The second-order valence-electron chi connectivity index (χ2n) is 4.76. The molecule has 0 saturated heterocycles. The molecule has 0 spiro atoms. The van der Waals surface area contributed by atoms with Crippen LogP contribution in [0.5, 0.6) is 0 Å². The molecule has 2 aromatic rings. The largest absolute Gasteiger partial charge is 0.459 e. The molecule has 0 unspecified atom stereocenters. The minimum absolute atomic E-state index is 0.00875. The number of thiazole rings is 1. The van der Waals surface area contributed by atoms with Crippen molar-refractivity contribution in [2.24, 2.45) is 5.92 Å². The predicted molar refractivity (Wildman–Crippen MR) is 85.7 cm³/mol. The molecule has 5 heteroatoms. The molecule has 112 valence electrons. The Bertz CT molecular complexity index is 565. The molecule has 21 heavy (non-hydrogen) atoms. The summed E-state index contributed by atoms with van der Waals surface area (Å²) in [6, 6.07) is 9.86. The average molecular weight is 304 g/mol. The highest BCUT2D eigenvalue weighted by atomic mass is 32.1. The maximum absolute atomic E-state index is 11.8. The molecule has 1 N–H and O–H groups in total. The summed E-state index contributed by atoms with van der Waals surface area (Å²) in [5, 5.41) is 5.93. The highest BCUT2D eigenvalue weighted by Crippen LogP contribution is 2.21. The van der Waals surface area contributed by atoms with Crippen LogP contribution in [0.15, 0.2) is 35.7 Å². The predicted octanol–water partition coefficient (Wildman–Crippen LogP) is 4.37. The number of esters is 1. The topological polar surface area (TPSA) is 51.2 Å². The third-order valence-corrected chi connectivity index (χ3v) is 4.06. The van der Waals surface area contributed by atoms with Crippen LogP contribution in [0.3, 0.4) is 0 Å². The van der Waals surface area contributed by atoms with Crippen molar-refractivity contribution in [2.75, 3.05) is 5.32 Å². The summed E-state index contributed by atoms with van der Waals surface area (Å²) in [6.45, 7) is 4.24. The molecule has 0 aliphatic carbocycles. The lowest BCUT2D eigenvalue weighted by Crippen LogP contribution is -2.16. The van der Waals surface area contributed by atoms with E-state index >= 15 is 0 Å². The van der Waals surface area contributed by atoms with Gasteiger partial charge in [0.05, 0.1) is 11.6 Å². The lowest BCUT2D eigenvalue weighted by Gasteiger charge is -2.10. The Labute approximate surface area is 129 Å². The zero-order chi connectivity index (χ0) is 15.1. The van der Waals surface area contributed by atoms with Gasteiger partial charge in [-0.1, -0.05) is 32.0 Å². The number of hydrogen-bond donors (Lipinski definition) is 1. The van der Waals surface area contributed by atoms with Gasteiger partial charge in [0, 0.05) is 11.1 Å². The van der Waals surface area contributed by atoms with Crippen molar-refractivity contribution in [3.8, 4) is 0 Å². The van der Waals surface area contributed by atoms with Gasteiger partial charge >= 0.3 is 5.97 Å². The molecule has 0 aliphatic heterocycles. The van der Waals surface area contributed by atoms with E-state index in [1.54, 1.807) is 0 Å². The number of nitrogens with zero attached hydrogens (tertiary/aromatic N) is 1. The summed E-state index contributed by atoms with van der Waals surface area (Å²) in [7, 11) is 0. The third-order valence-electron chi connectivity index (χ3n) is 3.26. The van der Waals surface area contributed by atoms with Gasteiger partial charge in [-0.15, -0.1) is 11.3 Å². The van der Waals surface area contributed by atoms with Crippen LogP contribution in [-0.4, -0.2) is 11.0 Å². The summed E-state index contributed by atoms with van der Waals surface area (Å²) in [6.07, 6.45) is 1.63. The van der Waals surface area contributed by atoms with Crippen LogP contribution in [0.2, 0.25) is 0 Å². The molecular weight excluding hydrogens is 284 g/mol. The molecule has 0 saturated carbocycles. The van der Waals surface area contributed by atoms with Gasteiger partial charge in [0.2, 0.25) is 0 Å². The van der Waals surface area contributed by atoms with Crippen LogP contribution in [0.4, 0.5) is 10.8 Å². The fourth-order valence-electron chi connectivity index (χ4n) is 1.96. The number of carbonyl (C=O) groups is 1. The van der Waals surface area contributed by atoms with Crippen molar-refractivity contribution < 1.29 is 9.53 Å². The van der Waals surface area contributed by atoms with E-state index in [2.05, 4.69) is 10.3 Å². The lowest BCUT2D eigenvalue weighted by atomic mass is 10.0. The van der Waals surface area contributed by atoms with Gasteiger partial charge in [-0.2, -0.15) is 0 Å². The fraction of sp³-hybridized carbons (Fsp3) is 0.375. The molecule has 2 rings (SSSR count). The second kappa shape index (κ2) is 7.78.